The Labute approximate surface area is 221 Å². The van der Waals surface area contributed by atoms with Crippen LogP contribution in [0.4, 0.5) is 11.5 Å². The summed E-state index contributed by atoms with van der Waals surface area (Å²) in [6.45, 7) is 6.41. The van der Waals surface area contributed by atoms with E-state index in [4.69, 9.17) is 9.97 Å². The predicted molar refractivity (Wildman–Crippen MR) is 153 cm³/mol. The van der Waals surface area contributed by atoms with Crippen molar-refractivity contribution in [1.29, 1.82) is 0 Å². The highest BCUT2D eigenvalue weighted by atomic mass is 15.2. The van der Waals surface area contributed by atoms with E-state index in [1.165, 1.54) is 44.9 Å². The molecule has 0 radical (unpaired) electrons. The van der Waals surface area contributed by atoms with Crippen molar-refractivity contribution in [3.63, 3.8) is 0 Å². The lowest BCUT2D eigenvalue weighted by Gasteiger charge is -2.28. The van der Waals surface area contributed by atoms with Gasteiger partial charge in [0.2, 0.25) is 0 Å². The SMILES string of the molecule is C=C(Nc1cncc(-c2cc3c(-c4cc5c(N6CCCCC6)nccc5[nH]4)n[nH]c3cn2)c1)C1CCCC1. The third-order valence-corrected chi connectivity index (χ3v) is 8.07. The molecule has 2 aliphatic rings. The second-order valence-electron chi connectivity index (χ2n) is 10.6. The molecule has 6 heterocycles. The Morgan fingerprint density at radius 2 is 1.79 bits per heavy atom. The highest BCUT2D eigenvalue weighted by Crippen LogP contribution is 2.35. The van der Waals surface area contributed by atoms with Gasteiger partial charge in [0.25, 0.3) is 0 Å². The second-order valence-corrected chi connectivity index (χ2v) is 10.6. The summed E-state index contributed by atoms with van der Waals surface area (Å²) in [5.74, 6) is 1.60. The molecule has 0 amide bonds. The van der Waals surface area contributed by atoms with Gasteiger partial charge in [-0.2, -0.15) is 5.10 Å². The molecule has 0 bridgehead atoms. The van der Waals surface area contributed by atoms with Crippen molar-refractivity contribution in [2.24, 2.45) is 5.92 Å². The number of piperidine rings is 1. The van der Waals surface area contributed by atoms with E-state index in [0.29, 0.717) is 5.92 Å². The molecule has 0 atom stereocenters. The number of fused-ring (bicyclic) bond motifs is 2. The first-order chi connectivity index (χ1) is 18.7. The topological polar surface area (TPSA) is 98.4 Å². The maximum absolute atomic E-state index is 4.74. The molecule has 8 nitrogen and oxygen atoms in total. The maximum Gasteiger partial charge on any atom is 0.137 e. The molecule has 5 aromatic heterocycles. The van der Waals surface area contributed by atoms with Gasteiger partial charge in [-0.3, -0.25) is 15.1 Å². The number of pyridine rings is 3. The number of rotatable bonds is 6. The average molecular weight is 505 g/mol. The lowest BCUT2D eigenvalue weighted by atomic mass is 10.0. The summed E-state index contributed by atoms with van der Waals surface area (Å²) in [5.41, 5.74) is 7.66. The van der Waals surface area contributed by atoms with Crippen LogP contribution in [0.3, 0.4) is 0 Å². The molecule has 38 heavy (non-hydrogen) atoms. The molecule has 1 saturated carbocycles. The summed E-state index contributed by atoms with van der Waals surface area (Å²) >= 11 is 0. The van der Waals surface area contributed by atoms with Gasteiger partial charge < -0.3 is 15.2 Å². The van der Waals surface area contributed by atoms with Crippen LogP contribution in [0.2, 0.25) is 0 Å². The zero-order chi connectivity index (χ0) is 25.5. The Kier molecular flexibility index (Phi) is 5.80. The van der Waals surface area contributed by atoms with Crippen LogP contribution in [0, 0.1) is 5.92 Å². The first-order valence-corrected chi connectivity index (χ1v) is 13.7. The molecule has 0 aromatic carbocycles. The van der Waals surface area contributed by atoms with Gasteiger partial charge in [-0.25, -0.2) is 4.98 Å². The molecule has 1 aliphatic heterocycles. The quantitative estimate of drug-likeness (QED) is 0.239. The van der Waals surface area contributed by atoms with Crippen LogP contribution in [-0.2, 0) is 0 Å². The maximum atomic E-state index is 4.74. The highest BCUT2D eigenvalue weighted by molar-refractivity contribution is 5.99. The summed E-state index contributed by atoms with van der Waals surface area (Å²) in [6.07, 6.45) is 16.2. The van der Waals surface area contributed by atoms with Crippen LogP contribution in [0.1, 0.15) is 44.9 Å². The monoisotopic (exact) mass is 504 g/mol. The third kappa shape index (κ3) is 4.20. The summed E-state index contributed by atoms with van der Waals surface area (Å²) in [4.78, 5) is 19.9. The zero-order valence-corrected chi connectivity index (χ0v) is 21.5. The molecule has 8 heteroatoms. The van der Waals surface area contributed by atoms with Gasteiger partial charge in [0.05, 0.1) is 40.5 Å². The average Bonchev–Trinajstić information content (AvgIpc) is 3.73. The third-order valence-electron chi connectivity index (χ3n) is 8.07. The molecule has 3 N–H and O–H groups in total. The fourth-order valence-corrected chi connectivity index (χ4v) is 6.01. The minimum atomic E-state index is 0.545. The molecule has 1 saturated heterocycles. The summed E-state index contributed by atoms with van der Waals surface area (Å²) in [7, 11) is 0. The first kappa shape index (κ1) is 23.0. The molecule has 7 rings (SSSR count). The van der Waals surface area contributed by atoms with E-state index < -0.39 is 0 Å². The fraction of sp³-hybridized carbons (Fsp3) is 0.333. The van der Waals surface area contributed by atoms with Crippen molar-refractivity contribution in [2.75, 3.05) is 23.3 Å². The standard InChI is InChI=1S/C30H32N8/c1-19(20-7-3-4-8-20)34-22-13-21(16-31-17-22)26-14-23-28(18-33-26)36-37-29(23)27-15-24-25(35-27)9-10-32-30(24)38-11-5-2-6-12-38/h9-10,13-18,20,34-35H,1-8,11-12H2,(H,36,37). The van der Waals surface area contributed by atoms with E-state index in [1.54, 1.807) is 0 Å². The van der Waals surface area contributed by atoms with E-state index in [-0.39, 0.29) is 0 Å². The van der Waals surface area contributed by atoms with Gasteiger partial charge in [0.1, 0.15) is 11.5 Å². The van der Waals surface area contributed by atoms with Crippen molar-refractivity contribution in [3.8, 4) is 22.6 Å². The van der Waals surface area contributed by atoms with E-state index in [1.807, 2.05) is 30.9 Å². The minimum absolute atomic E-state index is 0.545. The smallest absolute Gasteiger partial charge is 0.137 e. The number of hydrogen-bond donors (Lipinski definition) is 3. The minimum Gasteiger partial charge on any atom is -0.358 e. The first-order valence-electron chi connectivity index (χ1n) is 13.7. The van der Waals surface area contributed by atoms with Crippen LogP contribution in [0.5, 0.6) is 0 Å². The predicted octanol–water partition coefficient (Wildman–Crippen LogP) is 6.67. The summed E-state index contributed by atoms with van der Waals surface area (Å²) < 4.78 is 0. The molecule has 192 valence electrons. The van der Waals surface area contributed by atoms with Crippen molar-refractivity contribution in [3.05, 3.63) is 61.3 Å². The Hall–Kier alpha value is -4.20. The van der Waals surface area contributed by atoms with Crippen LogP contribution >= 0.6 is 0 Å². The number of nitrogens with one attached hydrogen (secondary N) is 3. The van der Waals surface area contributed by atoms with E-state index in [9.17, 15) is 0 Å². The highest BCUT2D eigenvalue weighted by Gasteiger charge is 2.20. The number of H-pyrrole nitrogens is 2. The molecule has 0 unspecified atom stereocenters. The van der Waals surface area contributed by atoms with Gasteiger partial charge in [-0.15, -0.1) is 0 Å². The van der Waals surface area contributed by atoms with Crippen molar-refractivity contribution in [2.45, 2.75) is 44.9 Å². The van der Waals surface area contributed by atoms with E-state index in [0.717, 1.165) is 74.7 Å². The van der Waals surface area contributed by atoms with Crippen molar-refractivity contribution < 1.29 is 0 Å². The summed E-state index contributed by atoms with van der Waals surface area (Å²) in [5, 5.41) is 13.5. The number of anilines is 2. The molecule has 5 aromatic rings. The van der Waals surface area contributed by atoms with Gasteiger partial charge in [0, 0.05) is 47.5 Å². The van der Waals surface area contributed by atoms with Gasteiger partial charge in [-0.05, 0) is 62.3 Å². The van der Waals surface area contributed by atoms with Crippen LogP contribution in [-0.4, -0.2) is 43.2 Å². The zero-order valence-electron chi connectivity index (χ0n) is 21.5. The fourth-order valence-electron chi connectivity index (χ4n) is 6.01. The van der Waals surface area contributed by atoms with Crippen LogP contribution in [0.15, 0.2) is 61.3 Å². The Balaban J connectivity index is 1.22. The normalized spacial score (nSPS) is 16.5. The van der Waals surface area contributed by atoms with Gasteiger partial charge in [-0.1, -0.05) is 19.4 Å². The largest absolute Gasteiger partial charge is 0.358 e. The van der Waals surface area contributed by atoms with Gasteiger partial charge >= 0.3 is 0 Å². The second kappa shape index (κ2) is 9.59. The lowest BCUT2D eigenvalue weighted by Crippen LogP contribution is -2.30. The number of aromatic amines is 2. The van der Waals surface area contributed by atoms with E-state index >= 15 is 0 Å². The molecule has 2 fully saturated rings. The molecule has 1 aliphatic carbocycles. The van der Waals surface area contributed by atoms with E-state index in [2.05, 4.69) is 55.2 Å². The molecular weight excluding hydrogens is 472 g/mol. The van der Waals surface area contributed by atoms with Crippen molar-refractivity contribution >= 4 is 33.3 Å². The number of nitrogens with zero attached hydrogens (tertiary/aromatic N) is 5. The number of hydrogen-bond acceptors (Lipinski definition) is 6. The Morgan fingerprint density at radius 3 is 2.66 bits per heavy atom. The van der Waals surface area contributed by atoms with Crippen LogP contribution in [0.25, 0.3) is 44.5 Å². The lowest BCUT2D eigenvalue weighted by molar-refractivity contribution is 0.575. The van der Waals surface area contributed by atoms with Crippen LogP contribution < -0.4 is 10.2 Å². The van der Waals surface area contributed by atoms with Crippen molar-refractivity contribution in [1.82, 2.24) is 30.1 Å². The number of aromatic nitrogens is 6. The number of allylic oxidation sites excluding steroid dienone is 1. The molecular formula is C30H32N8. The Bertz CT molecular complexity index is 1620. The van der Waals surface area contributed by atoms with Gasteiger partial charge in [0.15, 0.2) is 0 Å². The summed E-state index contributed by atoms with van der Waals surface area (Å²) in [6, 6.07) is 8.41. The molecule has 0 spiro atoms. The Morgan fingerprint density at radius 1 is 0.921 bits per heavy atom.